The van der Waals surface area contributed by atoms with Crippen LogP contribution in [0.15, 0.2) is 0 Å². The van der Waals surface area contributed by atoms with Gasteiger partial charge in [0.15, 0.2) is 5.12 Å². The molecule has 0 aliphatic rings. The number of esters is 1. The molecule has 232 valence electrons. The monoisotopic (exact) mass is 606 g/mol. The molecule has 0 aromatic heterocycles. The quantitative estimate of drug-likeness (QED) is 0.0446. The van der Waals surface area contributed by atoms with Crippen molar-refractivity contribution in [3.8, 4) is 0 Å². The summed E-state index contributed by atoms with van der Waals surface area (Å²) in [5, 5.41) is 34.6. The van der Waals surface area contributed by atoms with Crippen molar-refractivity contribution in [1.82, 2.24) is 16.0 Å². The number of nitrogens with two attached hydrogens (primary N) is 1. The predicted octanol–water partition coefficient (Wildman–Crippen LogP) is -2.07. The zero-order valence-corrected chi connectivity index (χ0v) is 23.9. The number of aliphatic hydroxyl groups is 1. The predicted molar refractivity (Wildman–Crippen MR) is 143 cm³/mol. The Balaban J connectivity index is 4.23. The van der Waals surface area contributed by atoms with E-state index in [2.05, 4.69) is 16.0 Å². The van der Waals surface area contributed by atoms with E-state index in [1.807, 2.05) is 0 Å². The number of carbonyl (C=O) groups is 8. The highest BCUT2D eigenvalue weighted by molar-refractivity contribution is 8.13. The molecule has 0 heterocycles. The number of aliphatic hydroxyl groups excluding tert-OH is 1. The van der Waals surface area contributed by atoms with Crippen LogP contribution in [0.1, 0.15) is 52.9 Å². The zero-order chi connectivity index (χ0) is 31.8. The van der Waals surface area contributed by atoms with Crippen molar-refractivity contribution in [2.24, 2.45) is 11.1 Å². The van der Waals surface area contributed by atoms with Crippen LogP contribution in [0.3, 0.4) is 0 Å². The summed E-state index contributed by atoms with van der Waals surface area (Å²) in [6.07, 6.45) is -3.11. The second kappa shape index (κ2) is 18.7. The average molecular weight is 607 g/mol. The van der Waals surface area contributed by atoms with Crippen molar-refractivity contribution in [3.05, 3.63) is 0 Å². The summed E-state index contributed by atoms with van der Waals surface area (Å²) >= 11 is 0.809. The molecule has 3 amide bonds. The summed E-state index contributed by atoms with van der Waals surface area (Å²) in [5.74, 6) is -5.72. The van der Waals surface area contributed by atoms with Gasteiger partial charge in [0, 0.05) is 44.0 Å². The first-order valence-corrected chi connectivity index (χ1v) is 13.5. The summed E-state index contributed by atoms with van der Waals surface area (Å²) in [5.41, 5.74) is 4.02. The zero-order valence-electron chi connectivity index (χ0n) is 23.1. The van der Waals surface area contributed by atoms with Gasteiger partial charge in [-0.2, -0.15) is 0 Å². The van der Waals surface area contributed by atoms with Crippen LogP contribution >= 0.6 is 11.8 Å². The Bertz CT molecular complexity index is 988. The van der Waals surface area contributed by atoms with E-state index in [1.165, 1.54) is 13.8 Å². The van der Waals surface area contributed by atoms with Crippen LogP contribution < -0.4 is 21.7 Å². The van der Waals surface area contributed by atoms with E-state index in [1.54, 1.807) is 0 Å². The second-order valence-corrected chi connectivity index (χ2v) is 10.8. The minimum Gasteiger partial charge on any atom is -0.480 e. The van der Waals surface area contributed by atoms with E-state index in [4.69, 9.17) is 20.7 Å². The van der Waals surface area contributed by atoms with Gasteiger partial charge in [-0.1, -0.05) is 25.6 Å². The van der Waals surface area contributed by atoms with Gasteiger partial charge in [0.1, 0.15) is 24.0 Å². The van der Waals surface area contributed by atoms with Gasteiger partial charge in [-0.3, -0.25) is 33.6 Å². The van der Waals surface area contributed by atoms with E-state index in [-0.39, 0.29) is 38.1 Å². The van der Waals surface area contributed by atoms with Crippen LogP contribution in [0.25, 0.3) is 0 Å². The number of carboxylic acid groups (broad SMARTS) is 2. The Labute approximate surface area is 240 Å². The number of hydrogen-bond acceptors (Lipinski definition) is 12. The van der Waals surface area contributed by atoms with Gasteiger partial charge in [-0.25, -0.2) is 4.79 Å². The minimum absolute atomic E-state index is 0.0908. The molecule has 0 aromatic carbocycles. The van der Waals surface area contributed by atoms with E-state index in [9.17, 15) is 43.5 Å². The number of thioether (sulfide) groups is 1. The van der Waals surface area contributed by atoms with E-state index in [0.717, 1.165) is 18.7 Å². The number of amides is 3. The number of hydrogen-bond donors (Lipinski definition) is 7. The molecular weight excluding hydrogens is 568 g/mol. The first-order valence-electron chi connectivity index (χ1n) is 12.5. The maximum Gasteiger partial charge on any atom is 0.326 e. The summed E-state index contributed by atoms with van der Waals surface area (Å²) in [7, 11) is 0. The lowest BCUT2D eigenvalue weighted by atomic mass is 9.87. The molecule has 16 nitrogen and oxygen atoms in total. The average Bonchev–Trinajstić information content (AvgIpc) is 2.86. The fourth-order valence-corrected chi connectivity index (χ4v) is 3.67. The van der Waals surface area contributed by atoms with Crippen LogP contribution in [-0.4, -0.2) is 105 Å². The molecule has 0 aromatic rings. The molecule has 0 saturated heterocycles. The van der Waals surface area contributed by atoms with Crippen molar-refractivity contribution < 1.29 is 58.4 Å². The van der Waals surface area contributed by atoms with Gasteiger partial charge in [-0.15, -0.1) is 0 Å². The molecule has 8 N–H and O–H groups in total. The molecule has 3 atom stereocenters. The highest BCUT2D eigenvalue weighted by atomic mass is 32.2. The summed E-state index contributed by atoms with van der Waals surface area (Å²) < 4.78 is 4.91. The number of rotatable bonds is 20. The molecule has 0 saturated carbocycles. The van der Waals surface area contributed by atoms with E-state index < -0.39 is 89.6 Å². The molecule has 0 unspecified atom stereocenters. The number of ketones is 1. The van der Waals surface area contributed by atoms with Crippen LogP contribution in [0.5, 0.6) is 0 Å². The molecule has 0 bridgehead atoms. The number of aliphatic carboxylic acids is 2. The summed E-state index contributed by atoms with van der Waals surface area (Å²) in [6, 6.07) is -2.67. The number of carboxylic acids is 2. The van der Waals surface area contributed by atoms with Crippen molar-refractivity contribution in [1.29, 1.82) is 0 Å². The lowest BCUT2D eigenvalue weighted by molar-refractivity contribution is -0.155. The highest BCUT2D eigenvalue weighted by Crippen LogP contribution is 2.21. The molecule has 41 heavy (non-hydrogen) atoms. The fraction of sp³-hybridized carbons (Fsp3) is 0.667. The van der Waals surface area contributed by atoms with E-state index in [0.29, 0.717) is 0 Å². The third-order valence-corrected chi connectivity index (χ3v) is 6.24. The second-order valence-electron chi connectivity index (χ2n) is 9.66. The number of ether oxygens (including phenoxy) is 1. The highest BCUT2D eigenvalue weighted by Gasteiger charge is 2.35. The molecular formula is C24H38N4O12S. The molecule has 0 radical (unpaired) electrons. The van der Waals surface area contributed by atoms with Gasteiger partial charge in [0.2, 0.25) is 17.7 Å². The summed E-state index contributed by atoms with van der Waals surface area (Å²) in [6.45, 7) is 3.61. The topological polar surface area (TPSA) is 269 Å². The lowest BCUT2D eigenvalue weighted by Crippen LogP contribution is -2.47. The Hall–Kier alpha value is -3.57. The van der Waals surface area contributed by atoms with Crippen LogP contribution in [0, 0.1) is 5.41 Å². The van der Waals surface area contributed by atoms with Gasteiger partial charge in [-0.05, 0) is 6.42 Å². The van der Waals surface area contributed by atoms with Gasteiger partial charge < -0.3 is 41.7 Å². The number of carbonyl (C=O) groups excluding carboxylic acids is 6. The van der Waals surface area contributed by atoms with Crippen molar-refractivity contribution in [2.75, 3.05) is 25.4 Å². The normalized spacial score (nSPS) is 13.2. The Kier molecular flexibility index (Phi) is 17.1. The van der Waals surface area contributed by atoms with Crippen LogP contribution in [-0.2, 0) is 43.1 Å². The van der Waals surface area contributed by atoms with Gasteiger partial charge in [0.05, 0.1) is 19.4 Å². The van der Waals surface area contributed by atoms with Gasteiger partial charge >= 0.3 is 17.9 Å². The van der Waals surface area contributed by atoms with Crippen molar-refractivity contribution in [3.63, 3.8) is 0 Å². The third kappa shape index (κ3) is 17.0. The molecule has 0 aliphatic heterocycles. The Morgan fingerprint density at radius 3 is 2.15 bits per heavy atom. The molecule has 17 heteroatoms. The van der Waals surface area contributed by atoms with E-state index >= 15 is 0 Å². The third-order valence-electron chi connectivity index (χ3n) is 5.37. The standard InChI is InChI=1S/C24H38N4O12S/c1-13(29)28-16(23(38)39)5-4-14(30)10-19(33)41-9-8-26-17(31)6-7-27-21(35)20(34)24(2,3)12-40-18(32)11-15(25)22(36)37/h15-16,20,34H,4-12,25H2,1-3H3,(H,26,31)(H,27,35)(H,28,29)(H,36,37)(H,38,39)/t15-,16-,20-/m0/s1. The summed E-state index contributed by atoms with van der Waals surface area (Å²) in [4.78, 5) is 92.4. The number of Topliss-reactive ketones (excluding diaryl/α,β-unsaturated/α-hetero) is 1. The largest absolute Gasteiger partial charge is 0.480 e. The SMILES string of the molecule is CC(=O)N[C@@H](CCC(=O)CC(=O)SCCNC(=O)CCNC(=O)[C@H](O)C(C)(C)COC(=O)C[C@H](N)C(=O)O)C(=O)O. The van der Waals surface area contributed by atoms with Crippen LogP contribution in [0.4, 0.5) is 0 Å². The Morgan fingerprint density at radius 1 is 0.951 bits per heavy atom. The first kappa shape index (κ1) is 37.4. The molecule has 0 spiro atoms. The minimum atomic E-state index is -1.61. The Morgan fingerprint density at radius 2 is 1.59 bits per heavy atom. The molecule has 0 rings (SSSR count). The first-order chi connectivity index (χ1) is 19.0. The fourth-order valence-electron chi connectivity index (χ4n) is 2.97. The maximum atomic E-state index is 12.2. The van der Waals surface area contributed by atoms with Crippen molar-refractivity contribution >= 4 is 58.3 Å². The van der Waals surface area contributed by atoms with Crippen molar-refractivity contribution in [2.45, 2.75) is 71.1 Å². The lowest BCUT2D eigenvalue weighted by Gasteiger charge is -2.29. The number of nitrogens with one attached hydrogen (secondary N) is 3. The van der Waals surface area contributed by atoms with Gasteiger partial charge in [0.25, 0.3) is 0 Å². The maximum absolute atomic E-state index is 12.2. The molecule has 0 aliphatic carbocycles. The van der Waals surface area contributed by atoms with Crippen LogP contribution in [0.2, 0.25) is 0 Å². The smallest absolute Gasteiger partial charge is 0.326 e. The molecule has 0 fully saturated rings.